The lowest BCUT2D eigenvalue weighted by atomic mass is 10.0. The number of carbonyl (C=O) groups excluding carboxylic acids is 2. The summed E-state index contributed by atoms with van der Waals surface area (Å²) < 4.78 is 13.1. The van der Waals surface area contributed by atoms with E-state index in [1.54, 1.807) is 46.2 Å². The van der Waals surface area contributed by atoms with Crippen molar-refractivity contribution in [1.29, 1.82) is 0 Å². The molecule has 1 atom stereocenters. The molecule has 3 aromatic carbocycles. The van der Waals surface area contributed by atoms with Gasteiger partial charge in [0.25, 0.3) is 11.8 Å². The Morgan fingerprint density at radius 3 is 2.39 bits per heavy atom. The van der Waals surface area contributed by atoms with Gasteiger partial charge in [0, 0.05) is 27.4 Å². The first-order valence-corrected chi connectivity index (χ1v) is 11.8. The molecule has 5 rings (SSSR count). The van der Waals surface area contributed by atoms with Crippen LogP contribution in [0.3, 0.4) is 0 Å². The Balaban J connectivity index is 1.61. The van der Waals surface area contributed by atoms with Crippen molar-refractivity contribution in [2.45, 2.75) is 30.0 Å². The fraction of sp³-hybridized carbons (Fsp3) is 0.231. The molecule has 1 spiro atoms. The average molecular weight is 481 g/mol. The maximum atomic E-state index is 14.2. The van der Waals surface area contributed by atoms with Gasteiger partial charge in [0.1, 0.15) is 5.82 Å². The van der Waals surface area contributed by atoms with Gasteiger partial charge in [-0.1, -0.05) is 41.9 Å². The van der Waals surface area contributed by atoms with Crippen LogP contribution < -0.4 is 4.90 Å². The lowest BCUT2D eigenvalue weighted by molar-refractivity contribution is -0.123. The van der Waals surface area contributed by atoms with Gasteiger partial charge in [-0.2, -0.15) is 0 Å². The summed E-state index contributed by atoms with van der Waals surface area (Å²) in [4.78, 5) is 30.1. The Morgan fingerprint density at radius 2 is 1.70 bits per heavy atom. The van der Waals surface area contributed by atoms with E-state index in [1.165, 1.54) is 23.9 Å². The number of para-hydroxylation sites is 1. The van der Waals surface area contributed by atoms with E-state index in [0.29, 0.717) is 23.7 Å². The zero-order valence-corrected chi connectivity index (χ0v) is 19.8. The van der Waals surface area contributed by atoms with Crippen LogP contribution in [-0.2, 0) is 16.2 Å². The summed E-state index contributed by atoms with van der Waals surface area (Å²) in [5.41, 5.74) is 2.87. The molecule has 168 valence electrons. The van der Waals surface area contributed by atoms with Crippen LogP contribution in [0.5, 0.6) is 0 Å². The predicted molar refractivity (Wildman–Crippen MR) is 130 cm³/mol. The van der Waals surface area contributed by atoms with E-state index < -0.39 is 4.87 Å². The highest BCUT2D eigenvalue weighted by Crippen LogP contribution is 2.60. The number of halogens is 2. The monoisotopic (exact) mass is 480 g/mol. The van der Waals surface area contributed by atoms with Gasteiger partial charge in [0.15, 0.2) is 4.87 Å². The molecule has 7 heteroatoms. The lowest BCUT2D eigenvalue weighted by Crippen LogP contribution is -2.50. The number of hydrogen-bond donors (Lipinski definition) is 0. The van der Waals surface area contributed by atoms with Gasteiger partial charge in [-0.05, 0) is 61.9 Å². The van der Waals surface area contributed by atoms with Crippen LogP contribution in [-0.4, -0.2) is 28.0 Å². The van der Waals surface area contributed by atoms with Crippen molar-refractivity contribution in [1.82, 2.24) is 4.90 Å². The first-order valence-electron chi connectivity index (χ1n) is 10.6. The van der Waals surface area contributed by atoms with E-state index >= 15 is 0 Å². The molecule has 3 aromatic rings. The van der Waals surface area contributed by atoms with Gasteiger partial charge in [0.05, 0.1) is 12.2 Å². The molecule has 33 heavy (non-hydrogen) atoms. The van der Waals surface area contributed by atoms with E-state index in [9.17, 15) is 14.0 Å². The molecule has 2 aliphatic heterocycles. The topological polar surface area (TPSA) is 40.6 Å². The van der Waals surface area contributed by atoms with Crippen LogP contribution in [0.1, 0.15) is 35.3 Å². The van der Waals surface area contributed by atoms with Crippen LogP contribution in [0, 0.1) is 5.82 Å². The highest BCUT2D eigenvalue weighted by atomic mass is 35.5. The second kappa shape index (κ2) is 7.89. The standard InChI is InChI=1S/C26H22ClFN2O2S/c1-25(2)16-30(23(31)18-9-11-19(27)12-10-18)26(33-25)21-5-3-4-6-22(21)29(24(26)32)15-17-7-13-20(28)14-8-17/h3-14H,15-16H2,1-2H3. The van der Waals surface area contributed by atoms with E-state index in [4.69, 9.17) is 11.6 Å². The van der Waals surface area contributed by atoms with Crippen LogP contribution in [0.25, 0.3) is 0 Å². The molecule has 0 radical (unpaired) electrons. The maximum absolute atomic E-state index is 14.2. The normalized spacial score (nSPS) is 21.0. The Kier molecular flexibility index (Phi) is 5.26. The first-order chi connectivity index (χ1) is 15.7. The zero-order valence-electron chi connectivity index (χ0n) is 18.2. The van der Waals surface area contributed by atoms with Crippen molar-refractivity contribution >= 4 is 40.9 Å². The van der Waals surface area contributed by atoms with Crippen LogP contribution >= 0.6 is 23.4 Å². The molecule has 2 amide bonds. The van der Waals surface area contributed by atoms with Crippen molar-refractivity contribution in [2.75, 3.05) is 11.4 Å². The summed E-state index contributed by atoms with van der Waals surface area (Å²) in [6, 6.07) is 20.5. The van der Waals surface area contributed by atoms with E-state index in [-0.39, 0.29) is 22.4 Å². The number of nitrogens with zero attached hydrogens (tertiary/aromatic N) is 2. The third-order valence-electron chi connectivity index (χ3n) is 6.03. The Morgan fingerprint density at radius 1 is 1.03 bits per heavy atom. The molecular weight excluding hydrogens is 459 g/mol. The van der Waals surface area contributed by atoms with Gasteiger partial charge >= 0.3 is 0 Å². The highest BCUT2D eigenvalue weighted by molar-refractivity contribution is 8.02. The molecule has 0 aliphatic carbocycles. The van der Waals surface area contributed by atoms with Crippen molar-refractivity contribution in [3.63, 3.8) is 0 Å². The van der Waals surface area contributed by atoms with E-state index in [0.717, 1.165) is 16.8 Å². The minimum absolute atomic E-state index is 0.161. The average Bonchev–Trinajstić information content (AvgIpc) is 3.21. The summed E-state index contributed by atoms with van der Waals surface area (Å²) in [5, 5.41) is 0.546. The molecular formula is C26H22ClFN2O2S. The fourth-order valence-electron chi connectivity index (χ4n) is 4.63. The Bertz CT molecular complexity index is 1250. The first kappa shape index (κ1) is 22.0. The number of thioether (sulfide) groups is 1. The third-order valence-corrected chi connectivity index (χ3v) is 7.87. The summed E-state index contributed by atoms with van der Waals surface area (Å²) >= 11 is 7.53. The van der Waals surface area contributed by atoms with E-state index in [1.807, 2.05) is 38.1 Å². The molecule has 1 saturated heterocycles. The molecule has 0 N–H and O–H groups in total. The van der Waals surface area contributed by atoms with Gasteiger partial charge in [-0.15, -0.1) is 11.8 Å². The number of amides is 2. The van der Waals surface area contributed by atoms with Crippen LogP contribution in [0.4, 0.5) is 10.1 Å². The summed E-state index contributed by atoms with van der Waals surface area (Å²) in [6.45, 7) is 4.81. The van der Waals surface area contributed by atoms with Crippen molar-refractivity contribution in [3.8, 4) is 0 Å². The summed E-state index contributed by atoms with van der Waals surface area (Å²) in [7, 11) is 0. The quantitative estimate of drug-likeness (QED) is 0.472. The van der Waals surface area contributed by atoms with Crippen LogP contribution in [0.2, 0.25) is 5.02 Å². The highest BCUT2D eigenvalue weighted by Gasteiger charge is 2.63. The van der Waals surface area contributed by atoms with Gasteiger partial charge in [0.2, 0.25) is 0 Å². The van der Waals surface area contributed by atoms with Gasteiger partial charge in [-0.3, -0.25) is 9.59 Å². The van der Waals surface area contributed by atoms with Gasteiger partial charge < -0.3 is 9.80 Å². The molecule has 2 aliphatic rings. The van der Waals surface area contributed by atoms with E-state index in [2.05, 4.69) is 0 Å². The summed E-state index contributed by atoms with van der Waals surface area (Å²) in [5.74, 6) is -0.696. The molecule has 1 unspecified atom stereocenters. The zero-order chi connectivity index (χ0) is 23.4. The van der Waals surface area contributed by atoms with Crippen LogP contribution in [0.15, 0.2) is 72.8 Å². The molecule has 4 nitrogen and oxygen atoms in total. The molecule has 0 saturated carbocycles. The smallest absolute Gasteiger partial charge is 0.268 e. The Labute approximate surface area is 201 Å². The largest absolute Gasteiger partial charge is 0.310 e. The van der Waals surface area contributed by atoms with Crippen molar-refractivity contribution in [3.05, 3.63) is 100 Å². The van der Waals surface area contributed by atoms with Gasteiger partial charge in [-0.25, -0.2) is 4.39 Å². The van der Waals surface area contributed by atoms with Crippen molar-refractivity contribution < 1.29 is 14.0 Å². The second-order valence-electron chi connectivity index (χ2n) is 8.94. The predicted octanol–water partition coefficient (Wildman–Crippen LogP) is 5.85. The lowest BCUT2D eigenvalue weighted by Gasteiger charge is -2.33. The molecule has 1 fully saturated rings. The number of fused-ring (bicyclic) bond motifs is 2. The minimum atomic E-state index is -1.17. The third kappa shape index (κ3) is 3.62. The number of carbonyl (C=O) groups is 2. The second-order valence-corrected chi connectivity index (χ2v) is 11.3. The number of benzene rings is 3. The number of hydrogen-bond acceptors (Lipinski definition) is 3. The summed E-state index contributed by atoms with van der Waals surface area (Å²) in [6.07, 6.45) is 0. The number of anilines is 1. The minimum Gasteiger partial charge on any atom is -0.310 e. The maximum Gasteiger partial charge on any atom is 0.268 e. The Hall–Kier alpha value is -2.83. The molecule has 0 aromatic heterocycles. The number of rotatable bonds is 3. The van der Waals surface area contributed by atoms with Crippen molar-refractivity contribution in [2.24, 2.45) is 0 Å². The molecule has 0 bridgehead atoms. The molecule has 2 heterocycles. The fourth-order valence-corrected chi connectivity index (χ4v) is 6.49. The SMILES string of the molecule is CC1(C)CN(C(=O)c2ccc(Cl)cc2)C2(S1)C(=O)N(Cc1ccc(F)cc1)c1ccccc12.